The molecule has 0 atom stereocenters. The van der Waals surface area contributed by atoms with Crippen LogP contribution in [-0.2, 0) is 0 Å². The Kier molecular flexibility index (Phi) is 5.28. The lowest BCUT2D eigenvalue weighted by molar-refractivity contribution is 0.0950. The number of carbonyl (C=O) groups excluding carboxylic acids is 1. The van der Waals surface area contributed by atoms with Crippen LogP contribution >= 0.6 is 0 Å². The van der Waals surface area contributed by atoms with Crippen molar-refractivity contribution in [3.05, 3.63) is 24.0 Å². The van der Waals surface area contributed by atoms with E-state index in [4.69, 9.17) is 10.5 Å². The summed E-state index contributed by atoms with van der Waals surface area (Å²) in [6.45, 7) is 3.59. The Balaban J connectivity index is 2.60. The summed E-state index contributed by atoms with van der Waals surface area (Å²) in [7, 11) is 0. The number of amides is 1. The van der Waals surface area contributed by atoms with Gasteiger partial charge in [0.25, 0.3) is 5.91 Å². The molecule has 0 unspecified atom stereocenters. The smallest absolute Gasteiger partial charge is 0.270 e. The predicted molar refractivity (Wildman–Crippen MR) is 61.4 cm³/mol. The van der Waals surface area contributed by atoms with E-state index in [0.29, 0.717) is 31.1 Å². The van der Waals surface area contributed by atoms with Gasteiger partial charge in [0.1, 0.15) is 11.4 Å². The first-order chi connectivity index (χ1) is 7.77. The maximum absolute atomic E-state index is 11.5. The summed E-state index contributed by atoms with van der Waals surface area (Å²) in [5.41, 5.74) is 5.72. The fourth-order valence-electron chi connectivity index (χ4n) is 1.15. The molecule has 5 heteroatoms. The minimum Gasteiger partial charge on any atom is -0.493 e. The van der Waals surface area contributed by atoms with Crippen molar-refractivity contribution >= 4 is 5.91 Å². The van der Waals surface area contributed by atoms with E-state index in [-0.39, 0.29) is 5.91 Å². The average molecular weight is 223 g/mol. The second-order valence-electron chi connectivity index (χ2n) is 3.23. The molecule has 0 saturated heterocycles. The van der Waals surface area contributed by atoms with E-state index in [1.807, 2.05) is 6.92 Å². The fraction of sp³-hybridized carbons (Fsp3) is 0.455. The van der Waals surface area contributed by atoms with Crippen molar-refractivity contribution in [2.24, 2.45) is 5.73 Å². The Morgan fingerprint density at radius 2 is 2.44 bits per heavy atom. The van der Waals surface area contributed by atoms with E-state index in [0.717, 1.165) is 6.42 Å². The Labute approximate surface area is 95.0 Å². The molecule has 1 aromatic rings. The Morgan fingerprint density at radius 3 is 3.12 bits per heavy atom. The molecule has 0 aliphatic rings. The van der Waals surface area contributed by atoms with Crippen LogP contribution in [-0.4, -0.2) is 30.6 Å². The molecule has 5 nitrogen and oxygen atoms in total. The van der Waals surface area contributed by atoms with Crippen molar-refractivity contribution in [2.45, 2.75) is 13.3 Å². The van der Waals surface area contributed by atoms with Crippen LogP contribution in [0.1, 0.15) is 23.8 Å². The summed E-state index contributed by atoms with van der Waals surface area (Å²) < 4.78 is 5.42. The van der Waals surface area contributed by atoms with Crippen LogP contribution in [0, 0.1) is 0 Å². The SMILES string of the molecule is CCNC(=O)c1cc(OCCCN)ccn1. The molecule has 0 bridgehead atoms. The van der Waals surface area contributed by atoms with E-state index in [1.165, 1.54) is 0 Å². The van der Waals surface area contributed by atoms with Crippen LogP contribution in [0.2, 0.25) is 0 Å². The number of nitrogens with two attached hydrogens (primary N) is 1. The van der Waals surface area contributed by atoms with Crippen molar-refractivity contribution in [3.8, 4) is 5.75 Å². The van der Waals surface area contributed by atoms with Crippen LogP contribution in [0.5, 0.6) is 5.75 Å². The summed E-state index contributed by atoms with van der Waals surface area (Å²) in [6, 6.07) is 3.35. The first-order valence-electron chi connectivity index (χ1n) is 5.35. The number of carbonyl (C=O) groups is 1. The number of nitrogens with one attached hydrogen (secondary N) is 1. The molecule has 1 amide bonds. The largest absolute Gasteiger partial charge is 0.493 e. The zero-order valence-electron chi connectivity index (χ0n) is 9.40. The van der Waals surface area contributed by atoms with Crippen LogP contribution in [0.25, 0.3) is 0 Å². The molecule has 1 aromatic heterocycles. The monoisotopic (exact) mass is 223 g/mol. The quantitative estimate of drug-likeness (QED) is 0.691. The number of nitrogens with zero attached hydrogens (tertiary/aromatic N) is 1. The molecule has 0 saturated carbocycles. The van der Waals surface area contributed by atoms with E-state index in [1.54, 1.807) is 18.3 Å². The van der Waals surface area contributed by atoms with Crippen LogP contribution in [0.4, 0.5) is 0 Å². The number of rotatable bonds is 6. The van der Waals surface area contributed by atoms with Crippen LogP contribution in [0.3, 0.4) is 0 Å². The van der Waals surface area contributed by atoms with Crippen LogP contribution in [0.15, 0.2) is 18.3 Å². The molecule has 1 rings (SSSR count). The van der Waals surface area contributed by atoms with Crippen molar-refractivity contribution in [1.29, 1.82) is 0 Å². The minimum atomic E-state index is -0.188. The fourth-order valence-corrected chi connectivity index (χ4v) is 1.15. The average Bonchev–Trinajstić information content (AvgIpc) is 2.30. The molecule has 0 radical (unpaired) electrons. The lowest BCUT2D eigenvalue weighted by atomic mass is 10.3. The molecule has 0 aliphatic heterocycles. The van der Waals surface area contributed by atoms with Crippen molar-refractivity contribution in [3.63, 3.8) is 0 Å². The van der Waals surface area contributed by atoms with Crippen molar-refractivity contribution in [2.75, 3.05) is 19.7 Å². The summed E-state index contributed by atoms with van der Waals surface area (Å²) in [5, 5.41) is 2.68. The summed E-state index contributed by atoms with van der Waals surface area (Å²) in [6.07, 6.45) is 2.35. The summed E-state index contributed by atoms with van der Waals surface area (Å²) in [5.74, 6) is 0.455. The van der Waals surface area contributed by atoms with Gasteiger partial charge in [-0.2, -0.15) is 0 Å². The maximum Gasteiger partial charge on any atom is 0.270 e. The summed E-state index contributed by atoms with van der Waals surface area (Å²) >= 11 is 0. The number of hydrogen-bond donors (Lipinski definition) is 2. The standard InChI is InChI=1S/C11H17N3O2/c1-2-13-11(15)10-8-9(4-6-14-10)16-7-3-5-12/h4,6,8H,2-3,5,7,12H2,1H3,(H,13,15). The molecule has 1 heterocycles. The molecule has 3 N–H and O–H groups in total. The van der Waals surface area contributed by atoms with Gasteiger partial charge in [-0.15, -0.1) is 0 Å². The normalized spacial score (nSPS) is 9.88. The number of hydrogen-bond acceptors (Lipinski definition) is 4. The molecule has 0 fully saturated rings. The first-order valence-corrected chi connectivity index (χ1v) is 5.35. The first kappa shape index (κ1) is 12.4. The zero-order valence-corrected chi connectivity index (χ0v) is 9.40. The number of pyridine rings is 1. The molecular weight excluding hydrogens is 206 g/mol. The molecular formula is C11H17N3O2. The van der Waals surface area contributed by atoms with Crippen molar-refractivity contribution in [1.82, 2.24) is 10.3 Å². The van der Waals surface area contributed by atoms with Gasteiger partial charge in [-0.1, -0.05) is 0 Å². The van der Waals surface area contributed by atoms with Gasteiger partial charge in [0, 0.05) is 18.8 Å². The zero-order chi connectivity index (χ0) is 11.8. The van der Waals surface area contributed by atoms with Gasteiger partial charge < -0.3 is 15.8 Å². The Hall–Kier alpha value is -1.62. The molecule has 0 aliphatic carbocycles. The maximum atomic E-state index is 11.5. The van der Waals surface area contributed by atoms with Gasteiger partial charge in [0.15, 0.2) is 0 Å². The third-order valence-electron chi connectivity index (χ3n) is 1.92. The predicted octanol–water partition coefficient (Wildman–Crippen LogP) is 0.559. The van der Waals surface area contributed by atoms with Crippen LogP contribution < -0.4 is 15.8 Å². The topological polar surface area (TPSA) is 77.2 Å². The van der Waals surface area contributed by atoms with Crippen molar-refractivity contribution < 1.29 is 9.53 Å². The second kappa shape index (κ2) is 6.79. The summed E-state index contributed by atoms with van der Waals surface area (Å²) in [4.78, 5) is 15.4. The van der Waals surface area contributed by atoms with Gasteiger partial charge >= 0.3 is 0 Å². The molecule has 16 heavy (non-hydrogen) atoms. The number of ether oxygens (including phenoxy) is 1. The lowest BCUT2D eigenvalue weighted by Crippen LogP contribution is -2.23. The highest BCUT2D eigenvalue weighted by Crippen LogP contribution is 2.10. The third-order valence-corrected chi connectivity index (χ3v) is 1.92. The van der Waals surface area contributed by atoms with Gasteiger partial charge in [-0.25, -0.2) is 0 Å². The van der Waals surface area contributed by atoms with Gasteiger partial charge in [-0.05, 0) is 26.0 Å². The number of aromatic nitrogens is 1. The Morgan fingerprint density at radius 1 is 1.62 bits per heavy atom. The second-order valence-corrected chi connectivity index (χ2v) is 3.23. The van der Waals surface area contributed by atoms with E-state index >= 15 is 0 Å². The van der Waals surface area contributed by atoms with E-state index < -0.39 is 0 Å². The highest BCUT2D eigenvalue weighted by atomic mass is 16.5. The lowest BCUT2D eigenvalue weighted by Gasteiger charge is -2.06. The van der Waals surface area contributed by atoms with Gasteiger partial charge in [-0.3, -0.25) is 9.78 Å². The van der Waals surface area contributed by atoms with E-state index in [2.05, 4.69) is 10.3 Å². The highest BCUT2D eigenvalue weighted by molar-refractivity contribution is 5.92. The minimum absolute atomic E-state index is 0.188. The van der Waals surface area contributed by atoms with Gasteiger partial charge in [0.05, 0.1) is 6.61 Å². The Bertz CT molecular complexity index is 342. The molecule has 0 spiro atoms. The van der Waals surface area contributed by atoms with E-state index in [9.17, 15) is 4.79 Å². The van der Waals surface area contributed by atoms with Gasteiger partial charge in [0.2, 0.25) is 0 Å². The highest BCUT2D eigenvalue weighted by Gasteiger charge is 2.06. The molecule has 88 valence electrons. The molecule has 0 aromatic carbocycles. The third kappa shape index (κ3) is 3.86.